The summed E-state index contributed by atoms with van der Waals surface area (Å²) in [4.78, 5) is 27.7. The molecule has 0 aliphatic carbocycles. The summed E-state index contributed by atoms with van der Waals surface area (Å²) in [6, 6.07) is 12.7. The molecule has 0 saturated carbocycles. The third-order valence-corrected chi connectivity index (χ3v) is 4.05. The van der Waals surface area contributed by atoms with E-state index in [2.05, 4.69) is 15.5 Å². The molecule has 2 N–H and O–H groups in total. The van der Waals surface area contributed by atoms with E-state index in [1.165, 1.54) is 0 Å². The van der Waals surface area contributed by atoms with Gasteiger partial charge in [0.25, 0.3) is 0 Å². The fourth-order valence-corrected chi connectivity index (χ4v) is 2.90. The van der Waals surface area contributed by atoms with Crippen molar-refractivity contribution in [1.82, 2.24) is 15.5 Å². The topological polar surface area (TPSA) is 105 Å². The number of carboxylic acid groups (broad SMARTS) is 1. The molecule has 7 nitrogen and oxygen atoms in total. The summed E-state index contributed by atoms with van der Waals surface area (Å²) in [5.41, 5.74) is 0.785. The third kappa shape index (κ3) is 4.24. The molecule has 0 bridgehead atoms. The van der Waals surface area contributed by atoms with Crippen molar-refractivity contribution in [3.63, 3.8) is 0 Å². The Morgan fingerprint density at radius 3 is 2.69 bits per heavy atom. The van der Waals surface area contributed by atoms with Gasteiger partial charge < -0.3 is 14.9 Å². The zero-order valence-electron chi connectivity index (χ0n) is 14.3. The summed E-state index contributed by atoms with van der Waals surface area (Å²) in [5, 5.41) is 17.7. The molecule has 3 rings (SSSR count). The standard InChI is InChI=1S/C19H19N3O4/c1-12-20-18(26-22-12)10-9-17(23)21-16(11-19(24)25)15-8-4-6-13-5-2-3-7-14(13)15/h2-8,16H,9-11H2,1H3,(H,21,23)(H,24,25)/t16-/m1/s1. The Balaban J connectivity index is 1.77. The maximum absolute atomic E-state index is 12.3. The minimum atomic E-state index is -0.976. The maximum atomic E-state index is 12.3. The van der Waals surface area contributed by atoms with Crippen molar-refractivity contribution in [2.24, 2.45) is 0 Å². The number of carbonyl (C=O) groups excluding carboxylic acids is 1. The van der Waals surface area contributed by atoms with Crippen LogP contribution in [0.3, 0.4) is 0 Å². The van der Waals surface area contributed by atoms with Crippen LogP contribution >= 0.6 is 0 Å². The number of hydrogen-bond donors (Lipinski definition) is 2. The van der Waals surface area contributed by atoms with Gasteiger partial charge in [0.05, 0.1) is 12.5 Å². The van der Waals surface area contributed by atoms with Crippen molar-refractivity contribution in [2.45, 2.75) is 32.2 Å². The van der Waals surface area contributed by atoms with Crippen molar-refractivity contribution in [1.29, 1.82) is 0 Å². The highest BCUT2D eigenvalue weighted by atomic mass is 16.5. The Hall–Kier alpha value is -3.22. The van der Waals surface area contributed by atoms with E-state index in [0.29, 0.717) is 18.1 Å². The quantitative estimate of drug-likeness (QED) is 0.677. The molecule has 1 aromatic heterocycles. The van der Waals surface area contributed by atoms with E-state index < -0.39 is 12.0 Å². The molecular weight excluding hydrogens is 334 g/mol. The summed E-state index contributed by atoms with van der Waals surface area (Å²) in [7, 11) is 0. The van der Waals surface area contributed by atoms with E-state index in [-0.39, 0.29) is 18.7 Å². The monoisotopic (exact) mass is 353 g/mol. The van der Waals surface area contributed by atoms with E-state index in [4.69, 9.17) is 4.52 Å². The number of benzene rings is 2. The first-order valence-corrected chi connectivity index (χ1v) is 8.31. The van der Waals surface area contributed by atoms with Gasteiger partial charge in [-0.15, -0.1) is 0 Å². The second-order valence-corrected chi connectivity index (χ2v) is 6.02. The normalized spacial score (nSPS) is 12.0. The molecular formula is C19H19N3O4. The van der Waals surface area contributed by atoms with Crippen molar-refractivity contribution in [2.75, 3.05) is 0 Å². The van der Waals surface area contributed by atoms with Crippen molar-refractivity contribution in [3.05, 3.63) is 59.7 Å². The van der Waals surface area contributed by atoms with Gasteiger partial charge in [-0.05, 0) is 23.3 Å². The molecule has 1 atom stereocenters. The number of aryl methyl sites for hydroxylation is 2. The van der Waals surface area contributed by atoms with Gasteiger partial charge >= 0.3 is 5.97 Å². The number of hydrogen-bond acceptors (Lipinski definition) is 5. The van der Waals surface area contributed by atoms with E-state index in [1.54, 1.807) is 6.92 Å². The largest absolute Gasteiger partial charge is 0.481 e. The number of carbonyl (C=O) groups is 2. The molecule has 0 fully saturated rings. The van der Waals surface area contributed by atoms with Gasteiger partial charge in [-0.1, -0.05) is 47.6 Å². The summed E-state index contributed by atoms with van der Waals surface area (Å²) >= 11 is 0. The second kappa shape index (κ2) is 7.77. The average Bonchev–Trinajstić information content (AvgIpc) is 3.04. The maximum Gasteiger partial charge on any atom is 0.305 e. The van der Waals surface area contributed by atoms with Crippen LogP contribution in [0.5, 0.6) is 0 Å². The van der Waals surface area contributed by atoms with E-state index >= 15 is 0 Å². The molecule has 0 saturated heterocycles. The smallest absolute Gasteiger partial charge is 0.305 e. The highest BCUT2D eigenvalue weighted by Gasteiger charge is 2.20. The number of carboxylic acids is 1. The number of rotatable bonds is 7. The molecule has 134 valence electrons. The van der Waals surface area contributed by atoms with Gasteiger partial charge in [-0.25, -0.2) is 0 Å². The van der Waals surface area contributed by atoms with Gasteiger partial charge in [0, 0.05) is 12.8 Å². The molecule has 3 aromatic rings. The molecule has 26 heavy (non-hydrogen) atoms. The van der Waals surface area contributed by atoms with Crippen LogP contribution in [0.4, 0.5) is 0 Å². The summed E-state index contributed by atoms with van der Waals surface area (Å²) in [6.45, 7) is 1.70. The number of amides is 1. The van der Waals surface area contributed by atoms with Gasteiger partial charge in [0.2, 0.25) is 11.8 Å². The van der Waals surface area contributed by atoms with Crippen LogP contribution in [0.2, 0.25) is 0 Å². The third-order valence-electron chi connectivity index (χ3n) is 4.05. The Kier molecular flexibility index (Phi) is 5.26. The summed E-state index contributed by atoms with van der Waals surface area (Å²) < 4.78 is 4.99. The highest BCUT2D eigenvalue weighted by molar-refractivity contribution is 5.87. The van der Waals surface area contributed by atoms with Crippen LogP contribution in [0, 0.1) is 6.92 Å². The van der Waals surface area contributed by atoms with Gasteiger partial charge in [-0.2, -0.15) is 4.98 Å². The van der Waals surface area contributed by atoms with Crippen LogP contribution < -0.4 is 5.32 Å². The molecule has 2 aromatic carbocycles. The van der Waals surface area contributed by atoms with Crippen molar-refractivity contribution < 1.29 is 19.2 Å². The average molecular weight is 353 g/mol. The van der Waals surface area contributed by atoms with E-state index in [0.717, 1.165) is 16.3 Å². The van der Waals surface area contributed by atoms with Crippen LogP contribution in [-0.2, 0) is 16.0 Å². The molecule has 0 aliphatic rings. The number of fused-ring (bicyclic) bond motifs is 1. The molecule has 0 aliphatic heterocycles. The lowest BCUT2D eigenvalue weighted by molar-refractivity contribution is -0.137. The first-order valence-electron chi connectivity index (χ1n) is 8.31. The van der Waals surface area contributed by atoms with E-state index in [9.17, 15) is 14.7 Å². The van der Waals surface area contributed by atoms with Crippen molar-refractivity contribution >= 4 is 22.6 Å². The first kappa shape index (κ1) is 17.6. The Morgan fingerprint density at radius 1 is 1.19 bits per heavy atom. The zero-order valence-corrected chi connectivity index (χ0v) is 14.3. The predicted octanol–water partition coefficient (Wildman–Crippen LogP) is 2.80. The fourth-order valence-electron chi connectivity index (χ4n) is 2.90. The lowest BCUT2D eigenvalue weighted by Crippen LogP contribution is -2.30. The Morgan fingerprint density at radius 2 is 1.96 bits per heavy atom. The number of nitrogens with one attached hydrogen (secondary N) is 1. The van der Waals surface area contributed by atoms with Crippen LogP contribution in [0.25, 0.3) is 10.8 Å². The zero-order chi connectivity index (χ0) is 18.5. The minimum Gasteiger partial charge on any atom is -0.481 e. The number of nitrogens with zero attached hydrogens (tertiary/aromatic N) is 2. The van der Waals surface area contributed by atoms with Crippen LogP contribution in [-0.4, -0.2) is 27.1 Å². The Bertz CT molecular complexity index is 930. The molecule has 0 spiro atoms. The van der Waals surface area contributed by atoms with Crippen LogP contribution in [0.1, 0.15) is 36.2 Å². The molecule has 0 radical (unpaired) electrons. The molecule has 1 heterocycles. The lowest BCUT2D eigenvalue weighted by atomic mass is 9.96. The van der Waals surface area contributed by atoms with Crippen molar-refractivity contribution in [3.8, 4) is 0 Å². The van der Waals surface area contributed by atoms with Gasteiger partial charge in [0.15, 0.2) is 5.82 Å². The molecule has 7 heteroatoms. The lowest BCUT2D eigenvalue weighted by Gasteiger charge is -2.19. The molecule has 0 unspecified atom stereocenters. The van der Waals surface area contributed by atoms with E-state index in [1.807, 2.05) is 42.5 Å². The summed E-state index contributed by atoms with van der Waals surface area (Å²) in [5.74, 6) is -0.340. The minimum absolute atomic E-state index is 0.141. The molecule has 1 amide bonds. The fraction of sp³-hybridized carbons (Fsp3) is 0.263. The predicted molar refractivity (Wildman–Crippen MR) is 94.4 cm³/mol. The highest BCUT2D eigenvalue weighted by Crippen LogP contribution is 2.26. The number of aliphatic carboxylic acids is 1. The second-order valence-electron chi connectivity index (χ2n) is 6.02. The summed E-state index contributed by atoms with van der Waals surface area (Å²) in [6.07, 6.45) is 0.254. The van der Waals surface area contributed by atoms with Crippen LogP contribution in [0.15, 0.2) is 47.0 Å². The SMILES string of the molecule is Cc1noc(CCC(=O)N[C@H](CC(=O)O)c2cccc3ccccc23)n1. The van der Waals surface area contributed by atoms with Gasteiger partial charge in [-0.3, -0.25) is 9.59 Å². The number of aromatic nitrogens is 2. The van der Waals surface area contributed by atoms with Gasteiger partial charge in [0.1, 0.15) is 0 Å². The first-order chi connectivity index (χ1) is 12.5. The Labute approximate surface area is 150 Å².